The lowest BCUT2D eigenvalue weighted by atomic mass is 10.1. The number of nitrogens with two attached hydrogens (primary N) is 1. The molecule has 0 fully saturated rings. The van der Waals surface area contributed by atoms with Crippen LogP contribution in [0.25, 0.3) is 10.9 Å². The molecule has 0 aliphatic carbocycles. The van der Waals surface area contributed by atoms with Gasteiger partial charge in [0, 0.05) is 25.2 Å². The number of nitrogens with one attached hydrogen (secondary N) is 1. The maximum Gasteiger partial charge on any atom is 0.227 e. The highest BCUT2D eigenvalue weighted by Gasteiger charge is 2.13. The lowest BCUT2D eigenvalue weighted by Gasteiger charge is -2.13. The molecule has 0 aliphatic rings. The third-order valence-electron chi connectivity index (χ3n) is 3.00. The third kappa shape index (κ3) is 3.25. The van der Waals surface area contributed by atoms with E-state index in [1.807, 2.05) is 6.07 Å². The Kier molecular flexibility index (Phi) is 4.89. The van der Waals surface area contributed by atoms with Crippen molar-refractivity contribution in [3.05, 3.63) is 35.5 Å². The van der Waals surface area contributed by atoms with E-state index in [9.17, 15) is 4.79 Å². The number of methoxy groups -OCH3 is 1. The Morgan fingerprint density at radius 3 is 3.00 bits per heavy atom. The van der Waals surface area contributed by atoms with E-state index in [1.54, 1.807) is 24.4 Å². The number of halogens is 1. The molecule has 1 atom stereocenters. The average molecular weight is 294 g/mol. The number of carbonyl (C=O) groups is 1. The number of hydrogen-bond donors (Lipinski definition) is 2. The van der Waals surface area contributed by atoms with Crippen LogP contribution in [0.4, 0.5) is 5.69 Å². The number of benzene rings is 1. The molecule has 2 rings (SSSR count). The van der Waals surface area contributed by atoms with Crippen LogP contribution < -0.4 is 11.1 Å². The number of nitrogens with zero attached hydrogens (tertiary/aromatic N) is 1. The summed E-state index contributed by atoms with van der Waals surface area (Å²) in [4.78, 5) is 16.2. The number of amides is 1. The molecule has 0 bridgehead atoms. The Morgan fingerprint density at radius 2 is 2.30 bits per heavy atom. The molecule has 1 aromatic carbocycles. The number of pyridine rings is 1. The minimum Gasteiger partial charge on any atom is -0.380 e. The van der Waals surface area contributed by atoms with Crippen LogP contribution in [-0.4, -0.2) is 30.6 Å². The van der Waals surface area contributed by atoms with E-state index < -0.39 is 0 Å². The Labute approximate surface area is 122 Å². The molecule has 5 nitrogen and oxygen atoms in total. The molecule has 1 amide bonds. The predicted molar refractivity (Wildman–Crippen MR) is 79.9 cm³/mol. The van der Waals surface area contributed by atoms with Crippen LogP contribution in [-0.2, 0) is 9.53 Å². The van der Waals surface area contributed by atoms with Crippen LogP contribution in [0.15, 0.2) is 30.5 Å². The first-order valence-electron chi connectivity index (χ1n) is 6.21. The van der Waals surface area contributed by atoms with Gasteiger partial charge in [0.1, 0.15) is 0 Å². The van der Waals surface area contributed by atoms with Crippen molar-refractivity contribution in [2.45, 2.75) is 12.5 Å². The Hall–Kier alpha value is -1.69. The van der Waals surface area contributed by atoms with Gasteiger partial charge in [-0.2, -0.15) is 0 Å². The molecule has 1 unspecified atom stereocenters. The third-order valence-corrected chi connectivity index (χ3v) is 3.33. The van der Waals surface area contributed by atoms with E-state index in [1.165, 1.54) is 7.11 Å². The smallest absolute Gasteiger partial charge is 0.227 e. The largest absolute Gasteiger partial charge is 0.380 e. The summed E-state index contributed by atoms with van der Waals surface area (Å²) in [5.41, 5.74) is 6.79. The van der Waals surface area contributed by atoms with Gasteiger partial charge in [0.2, 0.25) is 5.91 Å². The molecule has 0 aliphatic heterocycles. The molecule has 20 heavy (non-hydrogen) atoms. The van der Waals surface area contributed by atoms with Gasteiger partial charge in [-0.15, -0.1) is 0 Å². The van der Waals surface area contributed by atoms with Crippen molar-refractivity contribution in [2.24, 2.45) is 5.73 Å². The van der Waals surface area contributed by atoms with Gasteiger partial charge >= 0.3 is 0 Å². The maximum absolute atomic E-state index is 12.0. The first-order chi connectivity index (χ1) is 9.65. The first kappa shape index (κ1) is 14.7. The molecule has 1 heterocycles. The Balaban J connectivity index is 2.22. The van der Waals surface area contributed by atoms with E-state index in [2.05, 4.69) is 10.3 Å². The lowest BCUT2D eigenvalue weighted by molar-refractivity contribution is -0.118. The van der Waals surface area contributed by atoms with Gasteiger partial charge in [-0.3, -0.25) is 9.78 Å². The summed E-state index contributed by atoms with van der Waals surface area (Å²) in [6.07, 6.45) is 1.57. The van der Waals surface area contributed by atoms with E-state index in [4.69, 9.17) is 22.1 Å². The summed E-state index contributed by atoms with van der Waals surface area (Å²) in [7, 11) is 1.53. The van der Waals surface area contributed by atoms with Crippen LogP contribution in [0.3, 0.4) is 0 Å². The summed E-state index contributed by atoms with van der Waals surface area (Å²) in [6.45, 7) is 0.295. The normalized spacial score (nSPS) is 12.3. The molecular formula is C14H16ClN3O2. The molecule has 3 N–H and O–H groups in total. The molecule has 2 aromatic rings. The number of fused-ring (bicyclic) bond motifs is 1. The molecular weight excluding hydrogens is 278 g/mol. The minimum absolute atomic E-state index is 0.170. The topological polar surface area (TPSA) is 77.2 Å². The first-order valence-corrected chi connectivity index (χ1v) is 6.59. The zero-order valence-electron chi connectivity index (χ0n) is 11.1. The molecule has 0 saturated heterocycles. The standard InChI is InChI=1S/C14H16ClN3O2/c1-20-9(8-16)7-13(19)18-12-5-4-11(15)10-3-2-6-17-14(10)12/h2-6,9H,7-8,16H2,1H3,(H,18,19). The number of hydrogen-bond acceptors (Lipinski definition) is 4. The fourth-order valence-corrected chi connectivity index (χ4v) is 2.13. The SMILES string of the molecule is COC(CN)CC(=O)Nc1ccc(Cl)c2cccnc12. The van der Waals surface area contributed by atoms with Gasteiger partial charge < -0.3 is 15.8 Å². The van der Waals surface area contributed by atoms with Gasteiger partial charge in [-0.25, -0.2) is 0 Å². The predicted octanol–water partition coefficient (Wildman–Crippen LogP) is 2.19. The summed E-state index contributed by atoms with van der Waals surface area (Å²) in [6, 6.07) is 7.13. The Bertz CT molecular complexity index is 614. The molecule has 0 saturated carbocycles. The highest BCUT2D eigenvalue weighted by Crippen LogP contribution is 2.28. The number of rotatable bonds is 5. The second-order valence-corrected chi connectivity index (χ2v) is 4.75. The van der Waals surface area contributed by atoms with Crippen LogP contribution in [0.5, 0.6) is 0 Å². The van der Waals surface area contributed by atoms with Crippen LogP contribution in [0.2, 0.25) is 5.02 Å². The van der Waals surface area contributed by atoms with Crippen molar-refractivity contribution >= 4 is 34.1 Å². The number of carbonyl (C=O) groups excluding carboxylic acids is 1. The Morgan fingerprint density at radius 1 is 1.50 bits per heavy atom. The van der Waals surface area contributed by atoms with E-state index in [0.717, 1.165) is 5.39 Å². The summed E-state index contributed by atoms with van der Waals surface area (Å²) < 4.78 is 5.09. The molecule has 106 valence electrons. The quantitative estimate of drug-likeness (QED) is 0.886. The van der Waals surface area contributed by atoms with Crippen LogP contribution in [0.1, 0.15) is 6.42 Å². The molecule has 1 aromatic heterocycles. The highest BCUT2D eigenvalue weighted by molar-refractivity contribution is 6.35. The van der Waals surface area contributed by atoms with Crippen molar-refractivity contribution in [3.8, 4) is 0 Å². The van der Waals surface area contributed by atoms with Gasteiger partial charge in [0.05, 0.1) is 28.8 Å². The van der Waals surface area contributed by atoms with Crippen molar-refractivity contribution < 1.29 is 9.53 Å². The van der Waals surface area contributed by atoms with Gasteiger partial charge in [0.15, 0.2) is 0 Å². The second kappa shape index (κ2) is 6.65. The van der Waals surface area contributed by atoms with Crippen LogP contribution >= 0.6 is 11.6 Å². The van der Waals surface area contributed by atoms with E-state index in [0.29, 0.717) is 22.8 Å². The number of aromatic nitrogens is 1. The summed E-state index contributed by atoms with van der Waals surface area (Å²) >= 11 is 6.11. The average Bonchev–Trinajstić information content (AvgIpc) is 2.48. The second-order valence-electron chi connectivity index (χ2n) is 4.34. The van der Waals surface area contributed by atoms with Crippen LogP contribution in [0, 0.1) is 0 Å². The maximum atomic E-state index is 12.0. The molecule has 6 heteroatoms. The van der Waals surface area contributed by atoms with Crippen molar-refractivity contribution in [3.63, 3.8) is 0 Å². The van der Waals surface area contributed by atoms with E-state index >= 15 is 0 Å². The van der Waals surface area contributed by atoms with Gasteiger partial charge in [-0.1, -0.05) is 11.6 Å². The monoisotopic (exact) mass is 293 g/mol. The van der Waals surface area contributed by atoms with Crippen molar-refractivity contribution in [1.82, 2.24) is 4.98 Å². The molecule has 0 spiro atoms. The van der Waals surface area contributed by atoms with E-state index in [-0.39, 0.29) is 18.4 Å². The zero-order valence-corrected chi connectivity index (χ0v) is 11.9. The number of anilines is 1. The fourth-order valence-electron chi connectivity index (χ4n) is 1.91. The van der Waals surface area contributed by atoms with Crippen molar-refractivity contribution in [1.29, 1.82) is 0 Å². The minimum atomic E-state index is -0.290. The van der Waals surface area contributed by atoms with Crippen molar-refractivity contribution in [2.75, 3.05) is 19.0 Å². The highest BCUT2D eigenvalue weighted by atomic mass is 35.5. The summed E-state index contributed by atoms with van der Waals surface area (Å²) in [5.74, 6) is -0.170. The number of ether oxygens (including phenoxy) is 1. The molecule has 0 radical (unpaired) electrons. The fraction of sp³-hybridized carbons (Fsp3) is 0.286. The summed E-state index contributed by atoms with van der Waals surface area (Å²) in [5, 5.41) is 4.22. The zero-order chi connectivity index (χ0) is 14.5. The lowest BCUT2D eigenvalue weighted by Crippen LogP contribution is -2.28. The van der Waals surface area contributed by atoms with Gasteiger partial charge in [0.25, 0.3) is 0 Å². The van der Waals surface area contributed by atoms with Gasteiger partial charge in [-0.05, 0) is 24.3 Å².